The molecule has 0 aliphatic rings. The number of hydrogen-bond acceptors (Lipinski definition) is 4. The van der Waals surface area contributed by atoms with Gasteiger partial charge in [0, 0.05) is 29.7 Å². The lowest BCUT2D eigenvalue weighted by Crippen LogP contribution is -1.83. The van der Waals surface area contributed by atoms with Gasteiger partial charge in [-0.1, -0.05) is 24.3 Å². The summed E-state index contributed by atoms with van der Waals surface area (Å²) < 4.78 is 13.2. The zero-order valence-corrected chi connectivity index (χ0v) is 12.9. The summed E-state index contributed by atoms with van der Waals surface area (Å²) in [6.45, 7) is 0. The average molecular weight is 305 g/mol. The maximum absolute atomic E-state index is 5.89. The quantitative estimate of drug-likeness (QED) is 0.576. The van der Waals surface area contributed by atoms with Gasteiger partial charge in [0.15, 0.2) is 0 Å². The maximum atomic E-state index is 5.89. The Labute approximate surface area is 133 Å². The van der Waals surface area contributed by atoms with E-state index in [1.165, 1.54) is 0 Å². The van der Waals surface area contributed by atoms with Gasteiger partial charge in [-0.3, -0.25) is 0 Å². The minimum atomic E-state index is 0.479. The molecular weight excluding hydrogens is 290 g/mol. The summed E-state index contributed by atoms with van der Waals surface area (Å²) in [5.74, 6) is 1.75. The van der Waals surface area contributed by atoms with Crippen molar-refractivity contribution in [2.75, 3.05) is 7.11 Å². The zero-order valence-electron chi connectivity index (χ0n) is 12.9. The number of ether oxygens (including phenoxy) is 1. The third-order valence-corrected chi connectivity index (χ3v) is 3.87. The van der Waals surface area contributed by atoms with E-state index in [9.17, 15) is 0 Å². The van der Waals surface area contributed by atoms with Gasteiger partial charge in [-0.15, -0.1) is 10.2 Å². The van der Waals surface area contributed by atoms with Crippen LogP contribution in [0, 0.1) is 0 Å². The Kier molecular flexibility index (Phi) is 3.12. The number of benzene rings is 2. The number of methoxy groups -OCH3 is 1. The Morgan fingerprint density at radius 3 is 2.70 bits per heavy atom. The molecule has 5 nitrogen and oxygen atoms in total. The number of aryl methyl sites for hydroxylation is 1. The van der Waals surface area contributed by atoms with Gasteiger partial charge in [0.2, 0.25) is 11.8 Å². The van der Waals surface area contributed by atoms with Crippen molar-refractivity contribution in [2.24, 2.45) is 7.05 Å². The molecule has 0 amide bonds. The zero-order chi connectivity index (χ0) is 15.8. The second-order valence-electron chi connectivity index (χ2n) is 5.32. The molecule has 0 radical (unpaired) electrons. The molecule has 4 aromatic rings. The van der Waals surface area contributed by atoms with E-state index in [-0.39, 0.29) is 0 Å². The van der Waals surface area contributed by atoms with E-state index in [4.69, 9.17) is 9.15 Å². The first kappa shape index (κ1) is 13.6. The highest BCUT2D eigenvalue weighted by molar-refractivity contribution is 5.94. The number of rotatable bonds is 3. The van der Waals surface area contributed by atoms with Gasteiger partial charge in [-0.2, -0.15) is 0 Å². The van der Waals surface area contributed by atoms with Crippen LogP contribution in [0.3, 0.4) is 0 Å². The SMILES string of the molecule is COc1cccc(-c2nnc(-c3cn(C)c4ccccc34)o2)c1. The largest absolute Gasteiger partial charge is 0.497 e. The topological polar surface area (TPSA) is 53.1 Å². The van der Waals surface area contributed by atoms with E-state index in [0.29, 0.717) is 11.8 Å². The molecule has 0 atom stereocenters. The fourth-order valence-corrected chi connectivity index (χ4v) is 2.72. The number of nitrogens with zero attached hydrogens (tertiary/aromatic N) is 3. The predicted octanol–water partition coefficient (Wildman–Crippen LogP) is 3.90. The Bertz CT molecular complexity index is 985. The average Bonchev–Trinajstić information content (AvgIpc) is 3.20. The third kappa shape index (κ3) is 2.26. The van der Waals surface area contributed by atoms with Crippen LogP contribution in [-0.4, -0.2) is 21.9 Å². The van der Waals surface area contributed by atoms with Crippen LogP contribution in [0.15, 0.2) is 59.1 Å². The summed E-state index contributed by atoms with van der Waals surface area (Å²) in [7, 11) is 3.64. The number of aromatic nitrogens is 3. The number of fused-ring (bicyclic) bond motifs is 1. The smallest absolute Gasteiger partial charge is 0.250 e. The first-order valence-electron chi connectivity index (χ1n) is 7.28. The second-order valence-corrected chi connectivity index (χ2v) is 5.32. The minimum Gasteiger partial charge on any atom is -0.497 e. The molecule has 2 aromatic heterocycles. The van der Waals surface area contributed by atoms with Gasteiger partial charge >= 0.3 is 0 Å². The van der Waals surface area contributed by atoms with Gasteiger partial charge in [-0.25, -0.2) is 0 Å². The molecule has 23 heavy (non-hydrogen) atoms. The monoisotopic (exact) mass is 305 g/mol. The first-order valence-corrected chi connectivity index (χ1v) is 7.28. The molecule has 0 fully saturated rings. The molecule has 0 bridgehead atoms. The van der Waals surface area contributed by atoms with Crippen LogP contribution in [0.5, 0.6) is 5.75 Å². The summed E-state index contributed by atoms with van der Waals surface area (Å²) in [6, 6.07) is 15.7. The number of hydrogen-bond donors (Lipinski definition) is 0. The highest BCUT2D eigenvalue weighted by Crippen LogP contribution is 2.31. The Balaban J connectivity index is 1.80. The van der Waals surface area contributed by atoms with E-state index < -0.39 is 0 Å². The van der Waals surface area contributed by atoms with E-state index in [1.54, 1.807) is 7.11 Å². The molecule has 2 heterocycles. The van der Waals surface area contributed by atoms with Crippen LogP contribution < -0.4 is 4.74 Å². The summed E-state index contributed by atoms with van der Waals surface area (Å²) in [6.07, 6.45) is 2.01. The van der Waals surface area contributed by atoms with Crippen LogP contribution in [0.1, 0.15) is 0 Å². The van der Waals surface area contributed by atoms with Crippen molar-refractivity contribution in [1.29, 1.82) is 0 Å². The first-order chi connectivity index (χ1) is 11.3. The standard InChI is InChI=1S/C18H15N3O2/c1-21-11-15(14-8-3-4-9-16(14)21)18-20-19-17(23-18)12-6-5-7-13(10-12)22-2/h3-11H,1-2H3. The molecule has 5 heteroatoms. The van der Waals surface area contributed by atoms with Crippen molar-refractivity contribution in [2.45, 2.75) is 0 Å². The fraction of sp³-hybridized carbons (Fsp3) is 0.111. The van der Waals surface area contributed by atoms with Crippen molar-refractivity contribution in [3.8, 4) is 28.7 Å². The van der Waals surface area contributed by atoms with E-state index in [0.717, 1.165) is 27.8 Å². The highest BCUT2D eigenvalue weighted by atomic mass is 16.5. The van der Waals surface area contributed by atoms with E-state index in [1.807, 2.05) is 49.6 Å². The van der Waals surface area contributed by atoms with Crippen molar-refractivity contribution < 1.29 is 9.15 Å². The van der Waals surface area contributed by atoms with Gasteiger partial charge < -0.3 is 13.7 Å². The highest BCUT2D eigenvalue weighted by Gasteiger charge is 2.15. The minimum absolute atomic E-state index is 0.479. The van der Waals surface area contributed by atoms with Crippen LogP contribution in [0.4, 0.5) is 0 Å². The molecule has 0 saturated heterocycles. The molecule has 114 valence electrons. The summed E-state index contributed by atoms with van der Waals surface area (Å²) in [5, 5.41) is 9.48. The lowest BCUT2D eigenvalue weighted by molar-refractivity contribution is 0.415. The number of para-hydroxylation sites is 1. The summed E-state index contributed by atoms with van der Waals surface area (Å²) >= 11 is 0. The van der Waals surface area contributed by atoms with Gasteiger partial charge in [0.25, 0.3) is 0 Å². The fourth-order valence-electron chi connectivity index (χ4n) is 2.72. The van der Waals surface area contributed by atoms with Crippen molar-refractivity contribution in [3.05, 3.63) is 54.7 Å². The maximum Gasteiger partial charge on any atom is 0.250 e. The van der Waals surface area contributed by atoms with Gasteiger partial charge in [0.1, 0.15) is 5.75 Å². The molecule has 0 aliphatic heterocycles. The summed E-state index contributed by atoms with van der Waals surface area (Å²) in [5.41, 5.74) is 2.90. The van der Waals surface area contributed by atoms with Crippen LogP contribution in [0.25, 0.3) is 33.8 Å². The van der Waals surface area contributed by atoms with Crippen molar-refractivity contribution in [1.82, 2.24) is 14.8 Å². The molecule has 0 N–H and O–H groups in total. The van der Waals surface area contributed by atoms with Crippen molar-refractivity contribution in [3.63, 3.8) is 0 Å². The van der Waals surface area contributed by atoms with E-state index >= 15 is 0 Å². The van der Waals surface area contributed by atoms with Gasteiger partial charge in [-0.05, 0) is 24.3 Å². The Hall–Kier alpha value is -3.08. The molecule has 2 aromatic carbocycles. The molecular formula is C18H15N3O2. The second kappa shape index (κ2) is 5.28. The molecule has 0 unspecified atom stereocenters. The van der Waals surface area contributed by atoms with Crippen LogP contribution in [-0.2, 0) is 7.05 Å². The Morgan fingerprint density at radius 2 is 1.83 bits per heavy atom. The lowest BCUT2D eigenvalue weighted by Gasteiger charge is -2.00. The van der Waals surface area contributed by atoms with E-state index in [2.05, 4.69) is 26.9 Å². The van der Waals surface area contributed by atoms with Gasteiger partial charge in [0.05, 0.1) is 12.7 Å². The summed E-state index contributed by atoms with van der Waals surface area (Å²) in [4.78, 5) is 0. The molecule has 4 rings (SSSR count). The predicted molar refractivity (Wildman–Crippen MR) is 88.2 cm³/mol. The van der Waals surface area contributed by atoms with Crippen molar-refractivity contribution >= 4 is 10.9 Å². The molecule has 0 spiro atoms. The third-order valence-electron chi connectivity index (χ3n) is 3.87. The Morgan fingerprint density at radius 1 is 1.00 bits per heavy atom. The molecule has 0 saturated carbocycles. The van der Waals surface area contributed by atoms with Crippen LogP contribution in [0.2, 0.25) is 0 Å². The molecule has 0 aliphatic carbocycles. The lowest BCUT2D eigenvalue weighted by atomic mass is 10.2. The van der Waals surface area contributed by atoms with Crippen LogP contribution >= 0.6 is 0 Å². The normalized spacial score (nSPS) is 11.0.